The molecular formula is C21H33N5O2. The molecule has 3 rings (SSSR count). The zero-order chi connectivity index (χ0) is 19.7. The highest BCUT2D eigenvalue weighted by Crippen LogP contribution is 2.29. The highest BCUT2D eigenvalue weighted by molar-refractivity contribution is 5.91. The molecule has 1 aliphatic heterocycles. The van der Waals surface area contributed by atoms with Crippen LogP contribution in [0.3, 0.4) is 0 Å². The fourth-order valence-corrected chi connectivity index (χ4v) is 4.04. The summed E-state index contributed by atoms with van der Waals surface area (Å²) in [5, 5.41) is 12.3. The van der Waals surface area contributed by atoms with Crippen molar-refractivity contribution in [2.75, 3.05) is 39.3 Å². The fraction of sp³-hybridized carbons (Fsp3) is 0.619. The zero-order valence-corrected chi connectivity index (χ0v) is 16.6. The van der Waals surface area contributed by atoms with Gasteiger partial charge in [0.25, 0.3) is 0 Å². The smallest absolute Gasteiger partial charge is 0.315 e. The lowest BCUT2D eigenvalue weighted by molar-refractivity contribution is -0.127. The number of rotatable bonds is 8. The molecule has 0 spiro atoms. The number of carbonyl (C=O) groups is 2. The quantitative estimate of drug-likeness (QED) is 0.505. The maximum absolute atomic E-state index is 12.9. The lowest BCUT2D eigenvalue weighted by Crippen LogP contribution is -2.59. The molecule has 3 amide bonds. The van der Waals surface area contributed by atoms with E-state index in [4.69, 9.17) is 0 Å². The van der Waals surface area contributed by atoms with Crippen LogP contribution in [0.5, 0.6) is 0 Å². The van der Waals surface area contributed by atoms with Gasteiger partial charge < -0.3 is 26.2 Å². The average Bonchev–Trinajstić information content (AvgIpc) is 3.21. The third-order valence-electron chi connectivity index (χ3n) is 5.69. The van der Waals surface area contributed by atoms with Crippen molar-refractivity contribution in [3.05, 3.63) is 35.9 Å². The van der Waals surface area contributed by atoms with Crippen molar-refractivity contribution in [1.82, 2.24) is 26.2 Å². The summed E-state index contributed by atoms with van der Waals surface area (Å²) >= 11 is 0. The van der Waals surface area contributed by atoms with E-state index in [1.165, 1.54) is 0 Å². The summed E-state index contributed by atoms with van der Waals surface area (Å²) < 4.78 is 0. The predicted molar refractivity (Wildman–Crippen MR) is 110 cm³/mol. The second-order valence-electron chi connectivity index (χ2n) is 7.78. The molecular weight excluding hydrogens is 354 g/mol. The Bertz CT molecular complexity index is 625. The van der Waals surface area contributed by atoms with E-state index in [1.54, 1.807) is 0 Å². The lowest BCUT2D eigenvalue weighted by atomic mass is 9.96. The minimum Gasteiger partial charge on any atom is -0.354 e. The second kappa shape index (κ2) is 10.4. The number of carbonyl (C=O) groups excluding carboxylic acids is 2. The van der Waals surface area contributed by atoms with Gasteiger partial charge in [-0.05, 0) is 31.4 Å². The van der Waals surface area contributed by atoms with E-state index in [0.717, 1.165) is 57.5 Å². The van der Waals surface area contributed by atoms with Crippen molar-refractivity contribution in [2.45, 2.75) is 44.2 Å². The molecule has 0 atom stereocenters. The summed E-state index contributed by atoms with van der Waals surface area (Å²) in [5.74, 6) is -0.0415. The summed E-state index contributed by atoms with van der Waals surface area (Å²) in [6, 6.07) is 9.50. The number of hydrogen-bond acceptors (Lipinski definition) is 4. The Hall–Kier alpha value is -2.12. The molecule has 4 N–H and O–H groups in total. The van der Waals surface area contributed by atoms with Gasteiger partial charge >= 0.3 is 6.03 Å². The highest BCUT2D eigenvalue weighted by atomic mass is 16.2. The van der Waals surface area contributed by atoms with Crippen LogP contribution in [-0.2, 0) is 11.3 Å². The molecule has 0 unspecified atom stereocenters. The first-order valence-electron chi connectivity index (χ1n) is 10.5. The van der Waals surface area contributed by atoms with Crippen molar-refractivity contribution in [1.29, 1.82) is 0 Å². The van der Waals surface area contributed by atoms with Gasteiger partial charge in [0.15, 0.2) is 0 Å². The van der Waals surface area contributed by atoms with Gasteiger partial charge in [0.05, 0.1) is 0 Å². The Morgan fingerprint density at radius 3 is 2.46 bits per heavy atom. The molecule has 1 saturated carbocycles. The van der Waals surface area contributed by atoms with E-state index in [1.807, 2.05) is 30.3 Å². The molecule has 1 aliphatic carbocycles. The van der Waals surface area contributed by atoms with E-state index in [-0.39, 0.29) is 11.9 Å². The van der Waals surface area contributed by atoms with Gasteiger partial charge in [0.2, 0.25) is 5.91 Å². The topological polar surface area (TPSA) is 85.5 Å². The Kier molecular flexibility index (Phi) is 7.68. The van der Waals surface area contributed by atoms with Gasteiger partial charge in [0.1, 0.15) is 5.54 Å². The van der Waals surface area contributed by atoms with Crippen LogP contribution < -0.4 is 21.3 Å². The van der Waals surface area contributed by atoms with E-state index < -0.39 is 5.54 Å². The van der Waals surface area contributed by atoms with Gasteiger partial charge in [-0.25, -0.2) is 4.79 Å². The SMILES string of the molecule is O=C(NCc1ccccc1)NC1(C(=O)NCCCN2CCNCC2)CCCC1. The normalized spacial score (nSPS) is 19.1. The molecule has 1 aromatic rings. The summed E-state index contributed by atoms with van der Waals surface area (Å²) in [6.07, 6.45) is 4.27. The second-order valence-corrected chi connectivity index (χ2v) is 7.78. The Balaban J connectivity index is 1.42. The monoisotopic (exact) mass is 387 g/mol. The predicted octanol–water partition coefficient (Wildman–Crippen LogP) is 1.21. The van der Waals surface area contributed by atoms with E-state index in [9.17, 15) is 9.59 Å². The van der Waals surface area contributed by atoms with Crippen molar-refractivity contribution >= 4 is 11.9 Å². The first-order valence-corrected chi connectivity index (χ1v) is 10.5. The maximum Gasteiger partial charge on any atom is 0.315 e. The Morgan fingerprint density at radius 2 is 1.75 bits per heavy atom. The van der Waals surface area contributed by atoms with Crippen LogP contribution in [0.4, 0.5) is 4.79 Å². The molecule has 154 valence electrons. The van der Waals surface area contributed by atoms with E-state index in [2.05, 4.69) is 26.2 Å². The third kappa shape index (κ3) is 5.94. The largest absolute Gasteiger partial charge is 0.354 e. The molecule has 1 heterocycles. The molecule has 0 aromatic heterocycles. The van der Waals surface area contributed by atoms with Gasteiger partial charge in [-0.2, -0.15) is 0 Å². The van der Waals surface area contributed by atoms with Crippen LogP contribution in [0.25, 0.3) is 0 Å². The van der Waals surface area contributed by atoms with Crippen LogP contribution in [0, 0.1) is 0 Å². The number of urea groups is 1. The first-order chi connectivity index (χ1) is 13.7. The van der Waals surface area contributed by atoms with Crippen molar-refractivity contribution in [3.8, 4) is 0 Å². The van der Waals surface area contributed by atoms with E-state index in [0.29, 0.717) is 25.9 Å². The molecule has 28 heavy (non-hydrogen) atoms. The van der Waals surface area contributed by atoms with Crippen molar-refractivity contribution in [3.63, 3.8) is 0 Å². The third-order valence-corrected chi connectivity index (χ3v) is 5.69. The Labute approximate surface area is 167 Å². The molecule has 0 bridgehead atoms. The van der Waals surface area contributed by atoms with Gasteiger partial charge in [-0.3, -0.25) is 4.79 Å². The average molecular weight is 388 g/mol. The van der Waals surface area contributed by atoms with Crippen LogP contribution in [0.15, 0.2) is 30.3 Å². The van der Waals surface area contributed by atoms with E-state index >= 15 is 0 Å². The van der Waals surface area contributed by atoms with Gasteiger partial charge in [0, 0.05) is 39.3 Å². The number of nitrogens with one attached hydrogen (secondary N) is 4. The first kappa shape index (κ1) is 20.6. The number of hydrogen-bond donors (Lipinski definition) is 4. The molecule has 0 radical (unpaired) electrons. The summed E-state index contributed by atoms with van der Waals surface area (Å²) in [6.45, 7) is 6.32. The van der Waals surface area contributed by atoms with Gasteiger partial charge in [-0.15, -0.1) is 0 Å². The van der Waals surface area contributed by atoms with Gasteiger partial charge in [-0.1, -0.05) is 43.2 Å². The number of nitrogens with zero attached hydrogens (tertiary/aromatic N) is 1. The summed E-state index contributed by atoms with van der Waals surface area (Å²) in [4.78, 5) is 27.7. The number of benzene rings is 1. The molecule has 1 aromatic carbocycles. The van der Waals surface area contributed by atoms with Crippen LogP contribution in [0.2, 0.25) is 0 Å². The standard InChI is InChI=1S/C21H33N5O2/c27-19(23-11-6-14-26-15-12-22-13-16-26)21(9-4-5-10-21)25-20(28)24-17-18-7-2-1-3-8-18/h1-3,7-8,22H,4-6,9-17H2,(H,23,27)(H2,24,25,28). The number of amides is 3. The molecule has 7 heteroatoms. The summed E-state index contributed by atoms with van der Waals surface area (Å²) in [5.41, 5.74) is 0.269. The maximum atomic E-state index is 12.9. The van der Waals surface area contributed by atoms with Crippen LogP contribution in [0.1, 0.15) is 37.7 Å². The Morgan fingerprint density at radius 1 is 1.04 bits per heavy atom. The summed E-state index contributed by atoms with van der Waals surface area (Å²) in [7, 11) is 0. The molecule has 2 aliphatic rings. The fourth-order valence-electron chi connectivity index (χ4n) is 4.04. The van der Waals surface area contributed by atoms with Crippen molar-refractivity contribution < 1.29 is 9.59 Å². The van der Waals surface area contributed by atoms with Crippen molar-refractivity contribution in [2.24, 2.45) is 0 Å². The molecule has 1 saturated heterocycles. The zero-order valence-electron chi connectivity index (χ0n) is 16.6. The highest BCUT2D eigenvalue weighted by Gasteiger charge is 2.42. The van der Waals surface area contributed by atoms with Crippen LogP contribution >= 0.6 is 0 Å². The minimum atomic E-state index is -0.768. The lowest BCUT2D eigenvalue weighted by Gasteiger charge is -2.30. The molecule has 7 nitrogen and oxygen atoms in total. The van der Waals surface area contributed by atoms with Crippen LogP contribution in [-0.4, -0.2) is 61.6 Å². The minimum absolute atomic E-state index is 0.0415. The molecule has 2 fully saturated rings. The number of piperazine rings is 1.